The molecule has 10 heteroatoms. The van der Waals surface area contributed by atoms with Crippen molar-refractivity contribution >= 4 is 23.7 Å². The van der Waals surface area contributed by atoms with E-state index in [2.05, 4.69) is 10.6 Å². The van der Waals surface area contributed by atoms with E-state index in [1.807, 2.05) is 13.8 Å². The number of carbonyl (C=O) groups is 4. The summed E-state index contributed by atoms with van der Waals surface area (Å²) in [6.45, 7) is 8.31. The Morgan fingerprint density at radius 2 is 1.72 bits per heavy atom. The van der Waals surface area contributed by atoms with Gasteiger partial charge in [0.05, 0.1) is 6.04 Å². The van der Waals surface area contributed by atoms with Gasteiger partial charge in [-0.15, -0.1) is 0 Å². The van der Waals surface area contributed by atoms with Crippen LogP contribution in [0.4, 0.5) is 0 Å². The van der Waals surface area contributed by atoms with E-state index in [0.29, 0.717) is 38.8 Å². The molecule has 0 unspecified atom stereocenters. The predicted octanol–water partition coefficient (Wildman–Crippen LogP) is 0.190. The standard InChI is InChI=1S/C22H41N5O5/c1-13(2)12-16(21(30)27-11-7-9-17(27)22(31)32)25-20(29)18(14(3)4)26-19(28)15(24)8-5-6-10-23/h13-18H,5-12,23-24H2,1-4H3,(H,25,29)(H,26,28)(H,31,32)/t15-,16-,17-,18-/m0/s1. The third kappa shape index (κ3) is 8.38. The first-order valence-corrected chi connectivity index (χ1v) is 11.6. The number of nitrogens with two attached hydrogens (primary N) is 2. The number of amides is 3. The zero-order valence-electron chi connectivity index (χ0n) is 19.8. The monoisotopic (exact) mass is 455 g/mol. The van der Waals surface area contributed by atoms with Crippen LogP contribution in [0, 0.1) is 11.8 Å². The number of nitrogens with one attached hydrogen (secondary N) is 2. The normalized spacial score (nSPS) is 19.0. The number of carbonyl (C=O) groups excluding carboxylic acids is 3. The molecule has 1 heterocycles. The number of aliphatic carboxylic acids is 1. The van der Waals surface area contributed by atoms with Crippen LogP contribution >= 0.6 is 0 Å². The number of hydrogen-bond donors (Lipinski definition) is 5. The lowest BCUT2D eigenvalue weighted by atomic mass is 9.99. The van der Waals surface area contributed by atoms with Gasteiger partial charge in [0.2, 0.25) is 17.7 Å². The Bertz CT molecular complexity index is 655. The SMILES string of the molecule is CC(C)C[C@H](NC(=O)[C@@H](NC(=O)[C@@H](N)CCCCN)C(C)C)C(=O)N1CCC[C@H]1C(=O)O. The summed E-state index contributed by atoms with van der Waals surface area (Å²) in [5, 5.41) is 14.9. The predicted molar refractivity (Wildman–Crippen MR) is 121 cm³/mol. The summed E-state index contributed by atoms with van der Waals surface area (Å²) >= 11 is 0. The molecule has 7 N–H and O–H groups in total. The number of likely N-dealkylation sites (tertiary alicyclic amines) is 1. The number of carboxylic acids is 1. The van der Waals surface area contributed by atoms with Crippen molar-refractivity contribution in [2.45, 2.75) is 90.4 Å². The van der Waals surface area contributed by atoms with Gasteiger partial charge in [0, 0.05) is 6.54 Å². The Hall–Kier alpha value is -2.20. The Morgan fingerprint density at radius 3 is 2.25 bits per heavy atom. The van der Waals surface area contributed by atoms with Crippen LogP contribution in [0.3, 0.4) is 0 Å². The van der Waals surface area contributed by atoms with Crippen LogP contribution in [0.2, 0.25) is 0 Å². The zero-order chi connectivity index (χ0) is 24.4. The Balaban J connectivity index is 2.89. The lowest BCUT2D eigenvalue weighted by Gasteiger charge is -2.30. The summed E-state index contributed by atoms with van der Waals surface area (Å²) in [7, 11) is 0. The molecule has 3 amide bonds. The molecule has 0 saturated carbocycles. The van der Waals surface area contributed by atoms with Crippen molar-refractivity contribution < 1.29 is 24.3 Å². The molecule has 32 heavy (non-hydrogen) atoms. The summed E-state index contributed by atoms with van der Waals surface area (Å²) in [5.74, 6) is -2.48. The van der Waals surface area contributed by atoms with Crippen LogP contribution in [0.15, 0.2) is 0 Å². The van der Waals surface area contributed by atoms with Crippen molar-refractivity contribution in [3.05, 3.63) is 0 Å². The average molecular weight is 456 g/mol. The van der Waals surface area contributed by atoms with E-state index < -0.39 is 47.9 Å². The van der Waals surface area contributed by atoms with Gasteiger partial charge < -0.3 is 32.1 Å². The molecule has 1 aliphatic rings. The minimum absolute atomic E-state index is 0.0955. The van der Waals surface area contributed by atoms with Gasteiger partial charge in [-0.1, -0.05) is 34.1 Å². The highest BCUT2D eigenvalue weighted by Gasteiger charge is 2.38. The first-order chi connectivity index (χ1) is 15.0. The maximum atomic E-state index is 13.1. The molecular formula is C22H41N5O5. The highest BCUT2D eigenvalue weighted by atomic mass is 16.4. The van der Waals surface area contributed by atoms with Crippen molar-refractivity contribution in [3.8, 4) is 0 Å². The number of nitrogens with zero attached hydrogens (tertiary/aromatic N) is 1. The molecule has 1 fully saturated rings. The molecule has 184 valence electrons. The molecule has 1 saturated heterocycles. The molecule has 0 aliphatic carbocycles. The highest BCUT2D eigenvalue weighted by molar-refractivity contribution is 5.94. The second-order valence-corrected chi connectivity index (χ2v) is 9.34. The van der Waals surface area contributed by atoms with Crippen LogP contribution in [0.25, 0.3) is 0 Å². The molecule has 0 aromatic rings. The van der Waals surface area contributed by atoms with Crippen molar-refractivity contribution in [1.82, 2.24) is 15.5 Å². The highest BCUT2D eigenvalue weighted by Crippen LogP contribution is 2.20. The molecule has 0 aromatic carbocycles. The molecule has 0 aromatic heterocycles. The van der Waals surface area contributed by atoms with Gasteiger partial charge >= 0.3 is 5.97 Å². The summed E-state index contributed by atoms with van der Waals surface area (Å²) in [5.41, 5.74) is 11.4. The fourth-order valence-electron chi connectivity index (χ4n) is 3.88. The van der Waals surface area contributed by atoms with Crippen molar-refractivity contribution in [2.75, 3.05) is 13.1 Å². The van der Waals surface area contributed by atoms with Crippen LogP contribution < -0.4 is 22.1 Å². The lowest BCUT2D eigenvalue weighted by Crippen LogP contribution is -2.58. The Kier molecular flexibility index (Phi) is 11.6. The van der Waals surface area contributed by atoms with Gasteiger partial charge in [-0.25, -0.2) is 4.79 Å². The fraction of sp³-hybridized carbons (Fsp3) is 0.818. The molecular weight excluding hydrogens is 414 g/mol. The molecule has 1 rings (SSSR count). The molecule has 0 radical (unpaired) electrons. The molecule has 0 bridgehead atoms. The van der Waals surface area contributed by atoms with Gasteiger partial charge in [-0.3, -0.25) is 14.4 Å². The van der Waals surface area contributed by atoms with E-state index in [9.17, 15) is 24.3 Å². The number of unbranched alkanes of at least 4 members (excludes halogenated alkanes) is 1. The second kappa shape index (κ2) is 13.4. The van der Waals surface area contributed by atoms with Crippen LogP contribution in [-0.4, -0.2) is 71.0 Å². The third-order valence-electron chi connectivity index (χ3n) is 5.70. The average Bonchev–Trinajstić information content (AvgIpc) is 3.20. The summed E-state index contributed by atoms with van der Waals surface area (Å²) in [6, 6.07) is -3.34. The van der Waals surface area contributed by atoms with Gasteiger partial charge in [0.1, 0.15) is 18.1 Å². The van der Waals surface area contributed by atoms with Crippen molar-refractivity contribution in [2.24, 2.45) is 23.3 Å². The van der Waals surface area contributed by atoms with E-state index in [-0.39, 0.29) is 11.8 Å². The summed E-state index contributed by atoms with van der Waals surface area (Å²) in [6.07, 6.45) is 3.32. The fourth-order valence-corrected chi connectivity index (χ4v) is 3.88. The Labute approximate surface area is 190 Å². The minimum atomic E-state index is -1.04. The summed E-state index contributed by atoms with van der Waals surface area (Å²) < 4.78 is 0. The maximum absolute atomic E-state index is 13.1. The van der Waals surface area contributed by atoms with Crippen LogP contribution in [-0.2, 0) is 19.2 Å². The summed E-state index contributed by atoms with van der Waals surface area (Å²) in [4.78, 5) is 51.5. The first kappa shape index (κ1) is 27.8. The van der Waals surface area contributed by atoms with E-state index in [0.717, 1.165) is 12.8 Å². The molecule has 0 spiro atoms. The van der Waals surface area contributed by atoms with Gasteiger partial charge in [0.15, 0.2) is 0 Å². The first-order valence-electron chi connectivity index (χ1n) is 11.6. The van der Waals surface area contributed by atoms with E-state index in [1.54, 1.807) is 13.8 Å². The van der Waals surface area contributed by atoms with Gasteiger partial charge in [0.25, 0.3) is 0 Å². The third-order valence-corrected chi connectivity index (χ3v) is 5.70. The van der Waals surface area contributed by atoms with Crippen LogP contribution in [0.5, 0.6) is 0 Å². The maximum Gasteiger partial charge on any atom is 0.326 e. The van der Waals surface area contributed by atoms with Gasteiger partial charge in [-0.05, 0) is 50.5 Å². The van der Waals surface area contributed by atoms with Crippen molar-refractivity contribution in [3.63, 3.8) is 0 Å². The van der Waals surface area contributed by atoms with Crippen molar-refractivity contribution in [1.29, 1.82) is 0 Å². The Morgan fingerprint density at radius 1 is 1.06 bits per heavy atom. The number of rotatable bonds is 13. The smallest absolute Gasteiger partial charge is 0.326 e. The van der Waals surface area contributed by atoms with E-state index >= 15 is 0 Å². The zero-order valence-corrected chi connectivity index (χ0v) is 19.8. The van der Waals surface area contributed by atoms with Crippen LogP contribution in [0.1, 0.15) is 66.2 Å². The topological polar surface area (TPSA) is 168 Å². The lowest BCUT2D eigenvalue weighted by molar-refractivity contribution is -0.149. The molecule has 1 aliphatic heterocycles. The van der Waals surface area contributed by atoms with E-state index in [4.69, 9.17) is 11.5 Å². The molecule has 4 atom stereocenters. The number of carboxylic acid groups (broad SMARTS) is 1. The molecule has 10 nitrogen and oxygen atoms in total. The number of hydrogen-bond acceptors (Lipinski definition) is 6. The largest absolute Gasteiger partial charge is 0.480 e. The van der Waals surface area contributed by atoms with Gasteiger partial charge in [-0.2, -0.15) is 0 Å². The second-order valence-electron chi connectivity index (χ2n) is 9.34. The minimum Gasteiger partial charge on any atom is -0.480 e. The quantitative estimate of drug-likeness (QED) is 0.247. The van der Waals surface area contributed by atoms with E-state index in [1.165, 1.54) is 4.90 Å².